The van der Waals surface area contributed by atoms with E-state index in [1.165, 1.54) is 0 Å². The third kappa shape index (κ3) is 3.72. The zero-order chi connectivity index (χ0) is 20.9. The molecule has 2 amide bonds. The summed E-state index contributed by atoms with van der Waals surface area (Å²) in [6, 6.07) is 3.89. The predicted molar refractivity (Wildman–Crippen MR) is 111 cm³/mol. The second-order valence-corrected chi connectivity index (χ2v) is 10.1. The molecule has 1 aromatic heterocycles. The van der Waals surface area contributed by atoms with Crippen molar-refractivity contribution in [3.8, 4) is 0 Å². The number of carbonyl (C=O) groups excluding carboxylic acids is 2. The van der Waals surface area contributed by atoms with Gasteiger partial charge in [0, 0.05) is 37.3 Å². The van der Waals surface area contributed by atoms with Gasteiger partial charge in [-0.2, -0.15) is 0 Å². The number of ether oxygens (including phenoxy) is 1. The number of nitrogens with zero attached hydrogens (tertiary/aromatic N) is 2. The summed E-state index contributed by atoms with van der Waals surface area (Å²) in [7, 11) is 0. The van der Waals surface area contributed by atoms with E-state index in [-0.39, 0.29) is 23.3 Å². The first-order chi connectivity index (χ1) is 14.4. The largest absolute Gasteiger partial charge is 0.369 e. The van der Waals surface area contributed by atoms with Crippen LogP contribution in [0, 0.1) is 23.2 Å². The smallest absolute Gasteiger partial charge is 0.250 e. The molecule has 3 N–H and O–H groups in total. The Bertz CT molecular complexity index is 816. The molecule has 30 heavy (non-hydrogen) atoms. The molecule has 3 unspecified atom stereocenters. The third-order valence-electron chi connectivity index (χ3n) is 7.74. The Morgan fingerprint density at radius 3 is 2.70 bits per heavy atom. The molecule has 1 saturated heterocycles. The first-order valence-corrected chi connectivity index (χ1v) is 11.3. The van der Waals surface area contributed by atoms with Crippen molar-refractivity contribution in [3.63, 3.8) is 0 Å². The Hall–Kier alpha value is -1.70. The zero-order valence-corrected chi connectivity index (χ0v) is 17.8. The Balaban J connectivity index is 1.20. The quantitative estimate of drug-likeness (QED) is 0.690. The number of halogens is 1. The molecule has 162 valence electrons. The van der Waals surface area contributed by atoms with E-state index in [1.54, 1.807) is 12.3 Å². The summed E-state index contributed by atoms with van der Waals surface area (Å²) >= 11 is 5.87. The molecule has 8 heteroatoms. The first kappa shape index (κ1) is 20.2. The number of amides is 2. The topological polar surface area (TPSA) is 97.5 Å². The molecule has 0 spiro atoms. The molecule has 2 heterocycles. The number of pyridine rings is 1. The van der Waals surface area contributed by atoms with Gasteiger partial charge >= 0.3 is 0 Å². The molecule has 4 aliphatic carbocycles. The lowest BCUT2D eigenvalue weighted by Gasteiger charge is -2.59. The fourth-order valence-corrected chi connectivity index (χ4v) is 6.69. The Morgan fingerprint density at radius 2 is 2.03 bits per heavy atom. The van der Waals surface area contributed by atoms with Crippen molar-refractivity contribution in [2.45, 2.75) is 50.8 Å². The van der Waals surface area contributed by atoms with Crippen molar-refractivity contribution in [1.82, 2.24) is 15.2 Å². The molecule has 6 rings (SSSR count). The Morgan fingerprint density at radius 1 is 1.27 bits per heavy atom. The summed E-state index contributed by atoms with van der Waals surface area (Å²) in [5.74, 6) is 1.12. The molecule has 5 fully saturated rings. The maximum Gasteiger partial charge on any atom is 0.250 e. The van der Waals surface area contributed by atoms with E-state index in [1.807, 2.05) is 6.07 Å². The van der Waals surface area contributed by atoms with Crippen LogP contribution in [0.15, 0.2) is 18.3 Å². The fourth-order valence-electron chi connectivity index (χ4n) is 6.58. The van der Waals surface area contributed by atoms with Gasteiger partial charge in [0.1, 0.15) is 11.3 Å². The molecule has 3 atom stereocenters. The summed E-state index contributed by atoms with van der Waals surface area (Å²) in [4.78, 5) is 31.5. The highest BCUT2D eigenvalue weighted by molar-refractivity contribution is 6.29. The van der Waals surface area contributed by atoms with E-state index >= 15 is 0 Å². The second-order valence-electron chi connectivity index (χ2n) is 9.73. The third-order valence-corrected chi connectivity index (χ3v) is 7.97. The van der Waals surface area contributed by atoms with E-state index in [2.05, 4.69) is 15.2 Å². The van der Waals surface area contributed by atoms with Gasteiger partial charge in [-0.05, 0) is 61.5 Å². The van der Waals surface area contributed by atoms with Crippen LogP contribution >= 0.6 is 11.6 Å². The summed E-state index contributed by atoms with van der Waals surface area (Å²) in [6.07, 6.45) is 6.08. The van der Waals surface area contributed by atoms with Crippen molar-refractivity contribution in [2.75, 3.05) is 19.7 Å². The molecule has 0 radical (unpaired) electrons. The minimum absolute atomic E-state index is 0.0282. The lowest BCUT2D eigenvalue weighted by molar-refractivity contribution is -0.151. The minimum Gasteiger partial charge on any atom is -0.369 e. The van der Waals surface area contributed by atoms with Crippen LogP contribution in [-0.2, 0) is 20.9 Å². The van der Waals surface area contributed by atoms with Crippen LogP contribution in [0.25, 0.3) is 0 Å². The zero-order valence-electron chi connectivity index (χ0n) is 17.1. The average molecular weight is 433 g/mol. The first-order valence-electron chi connectivity index (χ1n) is 11.0. The maximum atomic E-state index is 13.1. The van der Waals surface area contributed by atoms with Crippen molar-refractivity contribution in [1.29, 1.82) is 0 Å². The molecule has 7 nitrogen and oxygen atoms in total. The van der Waals surface area contributed by atoms with Gasteiger partial charge in [0.25, 0.3) is 5.91 Å². The highest BCUT2D eigenvalue weighted by Gasteiger charge is 2.58. The van der Waals surface area contributed by atoms with Gasteiger partial charge < -0.3 is 15.8 Å². The van der Waals surface area contributed by atoms with Crippen molar-refractivity contribution < 1.29 is 14.3 Å². The average Bonchev–Trinajstić information content (AvgIpc) is 2.72. The maximum absolute atomic E-state index is 13.1. The monoisotopic (exact) mass is 432 g/mol. The van der Waals surface area contributed by atoms with Gasteiger partial charge in [-0.1, -0.05) is 17.7 Å². The van der Waals surface area contributed by atoms with E-state index in [9.17, 15) is 9.59 Å². The van der Waals surface area contributed by atoms with E-state index in [0.29, 0.717) is 36.1 Å². The molecular formula is C22H29ClN4O3. The van der Waals surface area contributed by atoms with E-state index in [4.69, 9.17) is 22.1 Å². The highest BCUT2D eigenvalue weighted by Crippen LogP contribution is 2.59. The molecule has 5 aliphatic rings. The van der Waals surface area contributed by atoms with Crippen LogP contribution in [0.2, 0.25) is 5.15 Å². The lowest BCUT2D eigenvalue weighted by atomic mass is 9.47. The molecular weight excluding hydrogens is 404 g/mol. The Kier molecular flexibility index (Phi) is 5.24. The number of nitrogens with two attached hydrogens (primary N) is 1. The minimum atomic E-state index is -0.471. The van der Waals surface area contributed by atoms with E-state index in [0.717, 1.165) is 50.8 Å². The summed E-state index contributed by atoms with van der Waals surface area (Å²) < 4.78 is 5.81. The molecule has 0 aromatic carbocycles. The number of hydrogen-bond donors (Lipinski definition) is 2. The normalized spacial score (nSPS) is 37.8. The van der Waals surface area contributed by atoms with Gasteiger partial charge in [-0.25, -0.2) is 4.98 Å². The van der Waals surface area contributed by atoms with Crippen molar-refractivity contribution >= 4 is 23.4 Å². The summed E-state index contributed by atoms with van der Waals surface area (Å²) in [5.41, 5.74) is 6.52. The molecule has 1 aliphatic heterocycles. The van der Waals surface area contributed by atoms with Crippen LogP contribution in [0.1, 0.15) is 37.7 Å². The number of aromatic nitrogens is 1. The molecule has 4 bridgehead atoms. The van der Waals surface area contributed by atoms with Crippen molar-refractivity contribution in [3.05, 3.63) is 29.0 Å². The SMILES string of the molecule is NC(=O)C12CC3CC(C1)C(NC(=O)C1CN(Cc4ccc(Cl)nc4)CCO1)C(C3)C2. The standard InChI is InChI=1S/C22H29ClN4O3/c23-18-2-1-13(10-25-18)11-27-3-4-30-17(12-27)20(28)26-19-15-5-14-6-16(19)9-22(7-14,8-15)21(24)29/h1-2,10,14-17,19H,3-9,11-12H2,(H2,24,29)(H,26,28). The van der Waals surface area contributed by atoms with E-state index < -0.39 is 6.10 Å². The second kappa shape index (κ2) is 7.77. The number of rotatable bonds is 5. The number of primary amides is 1. The summed E-state index contributed by atoms with van der Waals surface area (Å²) in [6.45, 7) is 2.59. The van der Waals surface area contributed by atoms with Crippen LogP contribution in [0.4, 0.5) is 0 Å². The fraction of sp³-hybridized carbons (Fsp3) is 0.682. The highest BCUT2D eigenvalue weighted by atomic mass is 35.5. The van der Waals surface area contributed by atoms with Gasteiger partial charge in [0.15, 0.2) is 0 Å². The number of carbonyl (C=O) groups is 2. The van der Waals surface area contributed by atoms with Gasteiger partial charge in [-0.3, -0.25) is 14.5 Å². The van der Waals surface area contributed by atoms with Crippen molar-refractivity contribution in [2.24, 2.45) is 28.9 Å². The Labute approximate surface area is 181 Å². The van der Waals surface area contributed by atoms with Crippen LogP contribution in [-0.4, -0.2) is 53.5 Å². The summed E-state index contributed by atoms with van der Waals surface area (Å²) in [5, 5.41) is 3.79. The van der Waals surface area contributed by atoms with Gasteiger partial charge in [0.2, 0.25) is 5.91 Å². The van der Waals surface area contributed by atoms with Crippen LogP contribution in [0.5, 0.6) is 0 Å². The molecule has 4 saturated carbocycles. The van der Waals surface area contributed by atoms with Gasteiger partial charge in [0.05, 0.1) is 6.61 Å². The van der Waals surface area contributed by atoms with Gasteiger partial charge in [-0.15, -0.1) is 0 Å². The number of hydrogen-bond acceptors (Lipinski definition) is 5. The predicted octanol–water partition coefficient (Wildman–Crippen LogP) is 1.73. The van der Waals surface area contributed by atoms with Crippen LogP contribution < -0.4 is 11.1 Å². The number of nitrogens with one attached hydrogen (secondary N) is 1. The lowest BCUT2D eigenvalue weighted by Crippen LogP contribution is -2.63. The van der Waals surface area contributed by atoms with Crippen LogP contribution in [0.3, 0.4) is 0 Å². The number of morpholine rings is 1. The molecule has 1 aromatic rings.